The SMILES string of the molecule is COCC1(CNC(=O)C2CNNC2n2cnnn2)CCCC1. The third kappa shape index (κ3) is 3.11. The van der Waals surface area contributed by atoms with E-state index in [1.807, 2.05) is 0 Å². The summed E-state index contributed by atoms with van der Waals surface area (Å²) in [5.41, 5.74) is 6.13. The largest absolute Gasteiger partial charge is 0.384 e. The molecule has 1 aromatic heterocycles. The number of carbonyl (C=O) groups excluding carboxylic acids is 1. The molecule has 1 amide bonds. The Hall–Kier alpha value is -1.58. The fourth-order valence-electron chi connectivity index (χ4n) is 3.48. The number of nitrogens with zero attached hydrogens (tertiary/aromatic N) is 4. The molecule has 0 aromatic carbocycles. The lowest BCUT2D eigenvalue weighted by atomic mass is 9.87. The van der Waals surface area contributed by atoms with E-state index in [-0.39, 0.29) is 23.4 Å². The number of carbonyl (C=O) groups is 1. The first-order valence-electron chi connectivity index (χ1n) is 7.72. The highest BCUT2D eigenvalue weighted by Crippen LogP contribution is 2.37. The number of hydrogen-bond donors (Lipinski definition) is 3. The second kappa shape index (κ2) is 6.67. The molecule has 1 aromatic rings. The summed E-state index contributed by atoms with van der Waals surface area (Å²) in [7, 11) is 1.72. The number of hydrazine groups is 1. The van der Waals surface area contributed by atoms with E-state index in [2.05, 4.69) is 31.7 Å². The van der Waals surface area contributed by atoms with E-state index >= 15 is 0 Å². The van der Waals surface area contributed by atoms with Crippen molar-refractivity contribution in [3.05, 3.63) is 6.33 Å². The quantitative estimate of drug-likeness (QED) is 0.633. The second-order valence-corrected chi connectivity index (χ2v) is 6.22. The summed E-state index contributed by atoms with van der Waals surface area (Å²) in [4.78, 5) is 12.5. The Balaban J connectivity index is 1.59. The molecule has 3 rings (SSSR count). The molecule has 1 aliphatic carbocycles. The molecule has 2 heterocycles. The van der Waals surface area contributed by atoms with Crippen molar-refractivity contribution in [3.8, 4) is 0 Å². The third-order valence-corrected chi connectivity index (χ3v) is 4.69. The van der Waals surface area contributed by atoms with Gasteiger partial charge in [0.15, 0.2) is 0 Å². The van der Waals surface area contributed by atoms with Crippen molar-refractivity contribution in [1.82, 2.24) is 36.4 Å². The average Bonchev–Trinajstić information content (AvgIpc) is 3.25. The van der Waals surface area contributed by atoms with Crippen molar-refractivity contribution < 1.29 is 9.53 Å². The highest BCUT2D eigenvalue weighted by molar-refractivity contribution is 5.79. The minimum absolute atomic E-state index is 0.0142. The van der Waals surface area contributed by atoms with Gasteiger partial charge in [0.05, 0.1) is 12.5 Å². The summed E-state index contributed by atoms with van der Waals surface area (Å²) >= 11 is 0. The number of aromatic nitrogens is 4. The van der Waals surface area contributed by atoms with Crippen LogP contribution in [0.5, 0.6) is 0 Å². The van der Waals surface area contributed by atoms with Crippen LogP contribution in [0, 0.1) is 11.3 Å². The lowest BCUT2D eigenvalue weighted by Crippen LogP contribution is -2.43. The lowest BCUT2D eigenvalue weighted by molar-refractivity contribution is -0.126. The van der Waals surface area contributed by atoms with Crippen LogP contribution in [0.1, 0.15) is 31.8 Å². The smallest absolute Gasteiger partial charge is 0.228 e. The maximum Gasteiger partial charge on any atom is 0.228 e. The molecule has 0 radical (unpaired) electrons. The fourth-order valence-corrected chi connectivity index (χ4v) is 3.48. The molecular weight excluding hydrogens is 286 g/mol. The van der Waals surface area contributed by atoms with Gasteiger partial charge in [0.1, 0.15) is 12.5 Å². The van der Waals surface area contributed by atoms with Crippen LogP contribution in [-0.4, -0.2) is 52.9 Å². The van der Waals surface area contributed by atoms with Crippen molar-refractivity contribution >= 4 is 5.91 Å². The second-order valence-electron chi connectivity index (χ2n) is 6.22. The van der Waals surface area contributed by atoms with Gasteiger partial charge in [-0.2, -0.15) is 0 Å². The molecule has 22 heavy (non-hydrogen) atoms. The molecule has 2 fully saturated rings. The first kappa shape index (κ1) is 15.3. The Labute approximate surface area is 129 Å². The summed E-state index contributed by atoms with van der Waals surface area (Å²) in [5.74, 6) is -0.232. The molecule has 122 valence electrons. The molecule has 9 heteroatoms. The molecule has 2 aliphatic rings. The number of methoxy groups -OCH3 is 1. The molecule has 3 N–H and O–H groups in total. The van der Waals surface area contributed by atoms with E-state index in [9.17, 15) is 4.79 Å². The van der Waals surface area contributed by atoms with Gasteiger partial charge >= 0.3 is 0 Å². The molecule has 9 nitrogen and oxygen atoms in total. The van der Waals surface area contributed by atoms with Crippen LogP contribution >= 0.6 is 0 Å². The number of ether oxygens (including phenoxy) is 1. The van der Waals surface area contributed by atoms with Crippen molar-refractivity contribution in [1.29, 1.82) is 0 Å². The maximum absolute atomic E-state index is 12.5. The zero-order valence-electron chi connectivity index (χ0n) is 12.8. The molecule has 1 aliphatic heterocycles. The van der Waals surface area contributed by atoms with Crippen LogP contribution in [0.3, 0.4) is 0 Å². The predicted molar refractivity (Wildman–Crippen MR) is 77.3 cm³/mol. The first-order valence-corrected chi connectivity index (χ1v) is 7.72. The Bertz CT molecular complexity index is 487. The third-order valence-electron chi connectivity index (χ3n) is 4.69. The Morgan fingerprint density at radius 2 is 2.32 bits per heavy atom. The maximum atomic E-state index is 12.5. The van der Waals surface area contributed by atoms with Crippen LogP contribution in [0.2, 0.25) is 0 Å². The van der Waals surface area contributed by atoms with Gasteiger partial charge in [-0.3, -0.25) is 10.2 Å². The van der Waals surface area contributed by atoms with Crippen molar-refractivity contribution in [2.45, 2.75) is 31.8 Å². The van der Waals surface area contributed by atoms with Gasteiger partial charge in [-0.25, -0.2) is 10.1 Å². The number of nitrogens with one attached hydrogen (secondary N) is 3. The van der Waals surface area contributed by atoms with Gasteiger partial charge in [-0.15, -0.1) is 5.10 Å². The van der Waals surface area contributed by atoms with Crippen LogP contribution in [-0.2, 0) is 9.53 Å². The van der Waals surface area contributed by atoms with Crippen molar-refractivity contribution in [3.63, 3.8) is 0 Å². The molecule has 1 saturated heterocycles. The normalized spacial score (nSPS) is 27.1. The van der Waals surface area contributed by atoms with E-state index in [0.29, 0.717) is 19.7 Å². The van der Waals surface area contributed by atoms with Crippen molar-refractivity contribution in [2.75, 3.05) is 26.8 Å². The molecular formula is C13H23N7O2. The van der Waals surface area contributed by atoms with Crippen LogP contribution < -0.4 is 16.2 Å². The van der Waals surface area contributed by atoms with Crippen LogP contribution in [0.25, 0.3) is 0 Å². The molecule has 2 unspecified atom stereocenters. The minimum Gasteiger partial charge on any atom is -0.384 e. The van der Waals surface area contributed by atoms with E-state index in [1.165, 1.54) is 19.2 Å². The predicted octanol–water partition coefficient (Wildman–Crippen LogP) is -0.781. The van der Waals surface area contributed by atoms with E-state index in [1.54, 1.807) is 11.8 Å². The van der Waals surface area contributed by atoms with Gasteiger partial charge in [-0.05, 0) is 23.3 Å². The molecule has 0 bridgehead atoms. The summed E-state index contributed by atoms with van der Waals surface area (Å²) in [6, 6.07) is 0. The number of tetrazole rings is 1. The Morgan fingerprint density at radius 3 is 3.00 bits per heavy atom. The molecule has 1 saturated carbocycles. The van der Waals surface area contributed by atoms with Crippen LogP contribution in [0.15, 0.2) is 6.33 Å². The molecule has 2 atom stereocenters. The molecule has 0 spiro atoms. The van der Waals surface area contributed by atoms with Gasteiger partial charge < -0.3 is 10.1 Å². The minimum atomic E-state index is -0.267. The summed E-state index contributed by atoms with van der Waals surface area (Å²) < 4.78 is 6.92. The first-order chi connectivity index (χ1) is 10.7. The van der Waals surface area contributed by atoms with Gasteiger partial charge in [-0.1, -0.05) is 12.8 Å². The van der Waals surface area contributed by atoms with Gasteiger partial charge in [0.25, 0.3) is 0 Å². The van der Waals surface area contributed by atoms with E-state index in [4.69, 9.17) is 4.74 Å². The number of rotatable bonds is 6. The number of hydrogen-bond acceptors (Lipinski definition) is 7. The fraction of sp³-hybridized carbons (Fsp3) is 0.846. The van der Waals surface area contributed by atoms with E-state index in [0.717, 1.165) is 12.8 Å². The lowest BCUT2D eigenvalue weighted by Gasteiger charge is -2.29. The zero-order chi connectivity index (χ0) is 15.4. The van der Waals surface area contributed by atoms with Crippen LogP contribution in [0.4, 0.5) is 0 Å². The monoisotopic (exact) mass is 309 g/mol. The zero-order valence-corrected chi connectivity index (χ0v) is 12.8. The van der Waals surface area contributed by atoms with Gasteiger partial charge in [0.2, 0.25) is 5.91 Å². The Kier molecular flexibility index (Phi) is 4.65. The number of amides is 1. The summed E-state index contributed by atoms with van der Waals surface area (Å²) in [6.07, 6.45) is 5.88. The average molecular weight is 309 g/mol. The summed E-state index contributed by atoms with van der Waals surface area (Å²) in [5, 5.41) is 14.2. The Morgan fingerprint density at radius 1 is 1.50 bits per heavy atom. The van der Waals surface area contributed by atoms with Crippen molar-refractivity contribution in [2.24, 2.45) is 11.3 Å². The standard InChI is InChI=1S/C13H23N7O2/c1-22-8-13(4-2-3-5-13)7-14-12(21)10-6-15-17-11(10)20-9-16-18-19-20/h9-11,15,17H,2-8H2,1H3,(H,14,21). The summed E-state index contributed by atoms with van der Waals surface area (Å²) in [6.45, 7) is 1.91. The highest BCUT2D eigenvalue weighted by Gasteiger charge is 2.38. The van der Waals surface area contributed by atoms with Gasteiger partial charge in [0, 0.05) is 25.6 Å². The highest BCUT2D eigenvalue weighted by atomic mass is 16.5. The topological polar surface area (TPSA) is 106 Å². The van der Waals surface area contributed by atoms with E-state index < -0.39 is 0 Å².